The van der Waals surface area contributed by atoms with Crippen molar-refractivity contribution in [3.8, 4) is 11.8 Å². The van der Waals surface area contributed by atoms with Gasteiger partial charge in [-0.2, -0.15) is 5.26 Å². The molecule has 0 aliphatic heterocycles. The third-order valence-corrected chi connectivity index (χ3v) is 4.22. The topological polar surface area (TPSA) is 65.4 Å². The van der Waals surface area contributed by atoms with Crippen molar-refractivity contribution in [3.05, 3.63) is 65.7 Å². The second-order valence-electron chi connectivity index (χ2n) is 6.45. The van der Waals surface area contributed by atoms with Crippen LogP contribution in [0.15, 0.2) is 54.6 Å². The summed E-state index contributed by atoms with van der Waals surface area (Å²) in [7, 11) is 4.02. The molecule has 5 nitrogen and oxygen atoms in total. The second-order valence-corrected chi connectivity index (χ2v) is 6.45. The van der Waals surface area contributed by atoms with Crippen molar-refractivity contribution in [2.24, 2.45) is 0 Å². The van der Waals surface area contributed by atoms with Crippen LogP contribution in [0.4, 0.5) is 0 Å². The lowest BCUT2D eigenvalue weighted by atomic mass is 10.1. The van der Waals surface area contributed by atoms with Crippen molar-refractivity contribution in [3.63, 3.8) is 0 Å². The molecule has 1 N–H and O–H groups in total. The third-order valence-electron chi connectivity index (χ3n) is 4.22. The van der Waals surface area contributed by atoms with Crippen LogP contribution in [0.1, 0.15) is 18.1 Å². The fourth-order valence-corrected chi connectivity index (χ4v) is 2.55. The normalized spacial score (nSPS) is 12.9. The summed E-state index contributed by atoms with van der Waals surface area (Å²) in [5.74, 6) is 0.411. The smallest absolute Gasteiger partial charge is 0.260 e. The summed E-state index contributed by atoms with van der Waals surface area (Å²) in [6.07, 6.45) is 0.251. The largest absolute Gasteiger partial charge is 0.481 e. The van der Waals surface area contributed by atoms with Crippen LogP contribution in [0.3, 0.4) is 0 Å². The second kappa shape index (κ2) is 9.59. The summed E-state index contributed by atoms with van der Waals surface area (Å²) in [4.78, 5) is 14.5. The maximum Gasteiger partial charge on any atom is 0.260 e. The summed E-state index contributed by atoms with van der Waals surface area (Å²) in [6, 6.07) is 19.2. The molecule has 5 heteroatoms. The summed E-state index contributed by atoms with van der Waals surface area (Å²) in [5, 5.41) is 11.8. The number of carbonyl (C=O) groups is 1. The van der Waals surface area contributed by atoms with E-state index >= 15 is 0 Å². The molecule has 0 aliphatic rings. The van der Waals surface area contributed by atoms with Gasteiger partial charge in [0.1, 0.15) is 5.75 Å². The first kappa shape index (κ1) is 19.5. The lowest BCUT2D eigenvalue weighted by Crippen LogP contribution is -2.45. The van der Waals surface area contributed by atoms with Crippen LogP contribution >= 0.6 is 0 Å². The number of hydrogen-bond acceptors (Lipinski definition) is 4. The SMILES string of the molecule is CC(Oc1ccc(C#N)cc1)C(=O)NCC(Cc1ccccc1)N(C)C. The molecule has 2 rings (SSSR count). The Balaban J connectivity index is 1.87. The van der Waals surface area contributed by atoms with Gasteiger partial charge in [0.05, 0.1) is 11.6 Å². The van der Waals surface area contributed by atoms with Crippen LogP contribution in [-0.4, -0.2) is 43.6 Å². The standard InChI is InChI=1S/C21H25N3O2/c1-16(26-20-11-9-18(14-22)10-12-20)21(25)23-15-19(24(2)3)13-17-7-5-4-6-8-17/h4-12,16,19H,13,15H2,1-3H3,(H,23,25). The quantitative estimate of drug-likeness (QED) is 0.794. The number of hydrogen-bond donors (Lipinski definition) is 1. The van der Waals surface area contributed by atoms with E-state index in [1.165, 1.54) is 5.56 Å². The van der Waals surface area contributed by atoms with Crippen LogP contribution in [0.2, 0.25) is 0 Å². The Morgan fingerprint density at radius 1 is 1.15 bits per heavy atom. The van der Waals surface area contributed by atoms with Gasteiger partial charge < -0.3 is 15.0 Å². The van der Waals surface area contributed by atoms with Gasteiger partial charge in [-0.1, -0.05) is 30.3 Å². The first-order valence-corrected chi connectivity index (χ1v) is 8.64. The van der Waals surface area contributed by atoms with E-state index < -0.39 is 6.10 Å². The predicted molar refractivity (Wildman–Crippen MR) is 102 cm³/mol. The average Bonchev–Trinajstić information content (AvgIpc) is 2.66. The summed E-state index contributed by atoms with van der Waals surface area (Å²) >= 11 is 0. The van der Waals surface area contributed by atoms with Crippen molar-refractivity contribution in [2.75, 3.05) is 20.6 Å². The Hall–Kier alpha value is -2.84. The highest BCUT2D eigenvalue weighted by Gasteiger charge is 2.18. The highest BCUT2D eigenvalue weighted by atomic mass is 16.5. The van der Waals surface area contributed by atoms with Crippen molar-refractivity contribution >= 4 is 5.91 Å². The van der Waals surface area contributed by atoms with E-state index in [1.807, 2.05) is 32.3 Å². The molecule has 0 bridgehead atoms. The zero-order chi connectivity index (χ0) is 18.9. The number of likely N-dealkylation sites (N-methyl/N-ethyl adjacent to an activating group) is 1. The molecule has 0 fully saturated rings. The molecular weight excluding hydrogens is 326 g/mol. The zero-order valence-electron chi connectivity index (χ0n) is 15.5. The molecule has 0 saturated heterocycles. The molecule has 0 spiro atoms. The molecule has 136 valence electrons. The molecule has 0 heterocycles. The van der Waals surface area contributed by atoms with Gasteiger partial charge in [-0.25, -0.2) is 0 Å². The Bertz CT molecular complexity index is 736. The maximum atomic E-state index is 12.3. The van der Waals surface area contributed by atoms with Gasteiger partial charge in [-0.05, 0) is 57.3 Å². The molecule has 1 amide bonds. The molecule has 0 aliphatic carbocycles. The number of carbonyl (C=O) groups excluding carboxylic acids is 1. The number of amides is 1. The summed E-state index contributed by atoms with van der Waals surface area (Å²) in [5.41, 5.74) is 1.80. The van der Waals surface area contributed by atoms with E-state index in [1.54, 1.807) is 31.2 Å². The number of benzene rings is 2. The van der Waals surface area contributed by atoms with Gasteiger partial charge in [-0.15, -0.1) is 0 Å². The highest BCUT2D eigenvalue weighted by molar-refractivity contribution is 5.80. The van der Waals surface area contributed by atoms with Gasteiger partial charge in [-0.3, -0.25) is 4.79 Å². The Kier molecular flexibility index (Phi) is 7.19. The molecule has 26 heavy (non-hydrogen) atoms. The van der Waals surface area contributed by atoms with Gasteiger partial charge in [0.2, 0.25) is 0 Å². The Morgan fingerprint density at radius 2 is 1.81 bits per heavy atom. The molecule has 2 unspecified atom stereocenters. The number of ether oxygens (including phenoxy) is 1. The van der Waals surface area contributed by atoms with Gasteiger partial charge in [0.25, 0.3) is 5.91 Å². The molecule has 0 saturated carbocycles. The molecule has 2 atom stereocenters. The minimum absolute atomic E-state index is 0.158. The van der Waals surface area contributed by atoms with Gasteiger partial charge >= 0.3 is 0 Å². The van der Waals surface area contributed by atoms with Gasteiger partial charge in [0.15, 0.2) is 6.10 Å². The average molecular weight is 351 g/mol. The van der Waals surface area contributed by atoms with E-state index in [0.29, 0.717) is 17.9 Å². The molecular formula is C21H25N3O2. The van der Waals surface area contributed by atoms with E-state index in [-0.39, 0.29) is 11.9 Å². The van der Waals surface area contributed by atoms with Crippen molar-refractivity contribution < 1.29 is 9.53 Å². The lowest BCUT2D eigenvalue weighted by Gasteiger charge is -2.25. The predicted octanol–water partition coefficient (Wildman–Crippen LogP) is 2.61. The van der Waals surface area contributed by atoms with Crippen molar-refractivity contribution in [1.82, 2.24) is 10.2 Å². The first-order chi connectivity index (χ1) is 12.5. The van der Waals surface area contributed by atoms with Gasteiger partial charge in [0, 0.05) is 12.6 Å². The number of nitrogens with zero attached hydrogens (tertiary/aromatic N) is 2. The van der Waals surface area contributed by atoms with E-state index in [0.717, 1.165) is 6.42 Å². The molecule has 0 radical (unpaired) electrons. The van der Waals surface area contributed by atoms with Crippen LogP contribution < -0.4 is 10.1 Å². The van der Waals surface area contributed by atoms with E-state index in [4.69, 9.17) is 10.00 Å². The summed E-state index contributed by atoms with van der Waals surface area (Å²) < 4.78 is 5.65. The van der Waals surface area contributed by atoms with Crippen LogP contribution in [0.25, 0.3) is 0 Å². The summed E-state index contributed by atoms with van der Waals surface area (Å²) in [6.45, 7) is 2.26. The monoisotopic (exact) mass is 351 g/mol. The van der Waals surface area contributed by atoms with E-state index in [2.05, 4.69) is 28.4 Å². The van der Waals surface area contributed by atoms with Crippen molar-refractivity contribution in [2.45, 2.75) is 25.5 Å². The Labute approximate surface area is 155 Å². The minimum Gasteiger partial charge on any atom is -0.481 e. The fraction of sp³-hybridized carbons (Fsp3) is 0.333. The number of rotatable bonds is 8. The van der Waals surface area contributed by atoms with Crippen LogP contribution in [0, 0.1) is 11.3 Å². The first-order valence-electron chi connectivity index (χ1n) is 8.64. The lowest BCUT2D eigenvalue weighted by molar-refractivity contribution is -0.127. The van der Waals surface area contributed by atoms with Crippen LogP contribution in [-0.2, 0) is 11.2 Å². The Morgan fingerprint density at radius 3 is 2.38 bits per heavy atom. The highest BCUT2D eigenvalue weighted by Crippen LogP contribution is 2.13. The third kappa shape index (κ3) is 5.91. The van der Waals surface area contributed by atoms with Crippen LogP contribution in [0.5, 0.6) is 5.75 Å². The molecule has 2 aromatic rings. The van der Waals surface area contributed by atoms with E-state index in [9.17, 15) is 4.79 Å². The number of nitrogens with one attached hydrogen (secondary N) is 1. The molecule has 2 aromatic carbocycles. The number of nitriles is 1. The maximum absolute atomic E-state index is 12.3. The van der Waals surface area contributed by atoms with Crippen molar-refractivity contribution in [1.29, 1.82) is 5.26 Å². The zero-order valence-corrected chi connectivity index (χ0v) is 15.5. The molecule has 0 aromatic heterocycles. The minimum atomic E-state index is -0.609. The fourth-order valence-electron chi connectivity index (χ4n) is 2.55.